The Kier molecular flexibility index (Phi) is 10.6. The molecular formula is C22H28ClIN6. The van der Waals surface area contributed by atoms with Crippen LogP contribution in [0.3, 0.4) is 0 Å². The molecule has 0 aliphatic carbocycles. The number of aryl methyl sites for hydroxylation is 1. The molecule has 3 aromatic rings. The average molecular weight is 539 g/mol. The lowest BCUT2D eigenvalue weighted by Crippen LogP contribution is -2.40. The Morgan fingerprint density at radius 3 is 2.53 bits per heavy atom. The predicted octanol–water partition coefficient (Wildman–Crippen LogP) is 4.09. The van der Waals surface area contributed by atoms with Crippen molar-refractivity contribution < 1.29 is 0 Å². The summed E-state index contributed by atoms with van der Waals surface area (Å²) in [6.45, 7) is 4.90. The van der Waals surface area contributed by atoms with E-state index >= 15 is 0 Å². The van der Waals surface area contributed by atoms with Crippen LogP contribution in [-0.4, -0.2) is 33.8 Å². The molecule has 0 bridgehead atoms. The monoisotopic (exact) mass is 538 g/mol. The standard InChI is InChI=1S/C22H27ClN6.HI/c1-2-21-28-27-17-29(21)15-14-25-22(24-13-12-18-8-4-3-5-9-18)26-16-19-10-6-7-11-20(19)23;/h3-11,17H,2,12-16H2,1H3,(H2,24,25,26);1H. The third-order valence-electron chi connectivity index (χ3n) is 4.57. The van der Waals surface area contributed by atoms with Crippen molar-refractivity contribution in [3.8, 4) is 0 Å². The molecule has 6 nitrogen and oxygen atoms in total. The molecule has 30 heavy (non-hydrogen) atoms. The second kappa shape index (κ2) is 13.2. The fourth-order valence-electron chi connectivity index (χ4n) is 2.97. The molecule has 160 valence electrons. The highest BCUT2D eigenvalue weighted by molar-refractivity contribution is 14.0. The molecule has 0 spiro atoms. The number of nitrogens with one attached hydrogen (secondary N) is 2. The first kappa shape index (κ1) is 24.1. The van der Waals surface area contributed by atoms with Gasteiger partial charge in [-0.05, 0) is 23.6 Å². The topological polar surface area (TPSA) is 67.1 Å². The Bertz CT molecular complexity index is 913. The summed E-state index contributed by atoms with van der Waals surface area (Å²) in [5.41, 5.74) is 2.30. The lowest BCUT2D eigenvalue weighted by atomic mass is 10.1. The number of benzene rings is 2. The van der Waals surface area contributed by atoms with Crippen LogP contribution in [0.25, 0.3) is 0 Å². The molecule has 0 radical (unpaired) electrons. The second-order valence-corrected chi connectivity index (χ2v) is 7.05. The van der Waals surface area contributed by atoms with Crippen molar-refractivity contribution in [2.45, 2.75) is 32.9 Å². The fraction of sp³-hybridized carbons (Fsp3) is 0.318. The van der Waals surface area contributed by atoms with Crippen molar-refractivity contribution in [3.63, 3.8) is 0 Å². The summed E-state index contributed by atoms with van der Waals surface area (Å²) in [5, 5.41) is 15.7. The van der Waals surface area contributed by atoms with Crippen molar-refractivity contribution in [2.75, 3.05) is 13.1 Å². The van der Waals surface area contributed by atoms with E-state index in [1.165, 1.54) is 5.56 Å². The highest BCUT2D eigenvalue weighted by Gasteiger charge is 2.04. The maximum absolute atomic E-state index is 6.27. The largest absolute Gasteiger partial charge is 0.356 e. The van der Waals surface area contributed by atoms with Gasteiger partial charge in [-0.2, -0.15) is 0 Å². The van der Waals surface area contributed by atoms with E-state index in [0.29, 0.717) is 6.54 Å². The summed E-state index contributed by atoms with van der Waals surface area (Å²) in [7, 11) is 0. The van der Waals surface area contributed by atoms with Crippen molar-refractivity contribution in [1.29, 1.82) is 0 Å². The number of rotatable bonds is 9. The molecule has 0 saturated heterocycles. The van der Waals surface area contributed by atoms with Gasteiger partial charge in [-0.1, -0.05) is 67.1 Å². The molecule has 1 heterocycles. The van der Waals surface area contributed by atoms with Crippen molar-refractivity contribution in [1.82, 2.24) is 25.4 Å². The Labute approximate surface area is 200 Å². The van der Waals surface area contributed by atoms with Crippen LogP contribution in [0.15, 0.2) is 65.9 Å². The molecule has 0 fully saturated rings. The van der Waals surface area contributed by atoms with Gasteiger partial charge < -0.3 is 15.2 Å². The van der Waals surface area contributed by atoms with E-state index in [2.05, 4.69) is 56.6 Å². The molecule has 0 saturated carbocycles. The predicted molar refractivity (Wildman–Crippen MR) is 134 cm³/mol. The van der Waals surface area contributed by atoms with E-state index in [9.17, 15) is 0 Å². The van der Waals surface area contributed by atoms with Crippen LogP contribution < -0.4 is 10.6 Å². The molecule has 8 heteroatoms. The van der Waals surface area contributed by atoms with Gasteiger partial charge in [-0.15, -0.1) is 34.2 Å². The quantitative estimate of drug-likeness (QED) is 0.245. The zero-order valence-corrected chi connectivity index (χ0v) is 20.2. The molecule has 0 aliphatic rings. The lowest BCUT2D eigenvalue weighted by Gasteiger charge is -2.14. The summed E-state index contributed by atoms with van der Waals surface area (Å²) in [6, 6.07) is 18.2. The number of halogens is 2. The number of hydrogen-bond acceptors (Lipinski definition) is 3. The number of aromatic nitrogens is 3. The summed E-state index contributed by atoms with van der Waals surface area (Å²) < 4.78 is 2.06. The number of hydrogen-bond donors (Lipinski definition) is 2. The van der Waals surface area contributed by atoms with Crippen LogP contribution in [-0.2, 0) is 25.9 Å². The third-order valence-corrected chi connectivity index (χ3v) is 4.94. The zero-order chi connectivity index (χ0) is 20.3. The van der Waals surface area contributed by atoms with E-state index in [1.807, 2.05) is 30.3 Å². The first-order chi connectivity index (χ1) is 14.3. The van der Waals surface area contributed by atoms with Crippen LogP contribution >= 0.6 is 35.6 Å². The molecule has 0 aliphatic heterocycles. The molecular weight excluding hydrogens is 511 g/mol. The van der Waals surface area contributed by atoms with Crippen molar-refractivity contribution >= 4 is 41.5 Å². The Hall–Kier alpha value is -2.13. The van der Waals surface area contributed by atoms with Crippen molar-refractivity contribution in [2.24, 2.45) is 4.99 Å². The van der Waals surface area contributed by atoms with Crippen LogP contribution in [0.4, 0.5) is 0 Å². The third kappa shape index (κ3) is 7.60. The SMILES string of the molecule is CCc1nncn1CCNC(=NCc1ccccc1Cl)NCCc1ccccc1.I. The van der Waals surface area contributed by atoms with Gasteiger partial charge in [0.2, 0.25) is 0 Å². The maximum atomic E-state index is 6.27. The van der Waals surface area contributed by atoms with E-state index < -0.39 is 0 Å². The summed E-state index contributed by atoms with van der Waals surface area (Å²) in [6.07, 6.45) is 3.56. The van der Waals surface area contributed by atoms with E-state index in [0.717, 1.165) is 54.8 Å². The molecule has 1 aromatic heterocycles. The first-order valence-electron chi connectivity index (χ1n) is 9.92. The van der Waals surface area contributed by atoms with Crippen LogP contribution in [0.1, 0.15) is 23.9 Å². The Morgan fingerprint density at radius 1 is 1.03 bits per heavy atom. The van der Waals surface area contributed by atoms with Crippen LogP contribution in [0, 0.1) is 0 Å². The molecule has 0 amide bonds. The lowest BCUT2D eigenvalue weighted by molar-refractivity contribution is 0.631. The smallest absolute Gasteiger partial charge is 0.191 e. The van der Waals surface area contributed by atoms with Gasteiger partial charge in [0.15, 0.2) is 5.96 Å². The van der Waals surface area contributed by atoms with E-state index in [4.69, 9.17) is 16.6 Å². The zero-order valence-electron chi connectivity index (χ0n) is 17.1. The molecule has 0 unspecified atom stereocenters. The maximum Gasteiger partial charge on any atom is 0.191 e. The van der Waals surface area contributed by atoms with Gasteiger partial charge in [0.1, 0.15) is 12.2 Å². The Balaban J connectivity index is 0.00000320. The highest BCUT2D eigenvalue weighted by Crippen LogP contribution is 2.15. The minimum atomic E-state index is 0. The highest BCUT2D eigenvalue weighted by atomic mass is 127. The summed E-state index contributed by atoms with van der Waals surface area (Å²) in [4.78, 5) is 4.72. The fourth-order valence-corrected chi connectivity index (χ4v) is 3.16. The van der Waals surface area contributed by atoms with Crippen LogP contribution in [0.5, 0.6) is 0 Å². The van der Waals surface area contributed by atoms with E-state index in [1.54, 1.807) is 6.33 Å². The first-order valence-corrected chi connectivity index (χ1v) is 10.3. The molecule has 2 aromatic carbocycles. The van der Waals surface area contributed by atoms with Crippen LogP contribution in [0.2, 0.25) is 5.02 Å². The Morgan fingerprint density at radius 2 is 1.77 bits per heavy atom. The van der Waals surface area contributed by atoms with Gasteiger partial charge in [0.05, 0.1) is 6.54 Å². The van der Waals surface area contributed by atoms with E-state index in [-0.39, 0.29) is 24.0 Å². The van der Waals surface area contributed by atoms with Gasteiger partial charge in [-0.25, -0.2) is 4.99 Å². The minimum absolute atomic E-state index is 0. The van der Waals surface area contributed by atoms with Crippen molar-refractivity contribution in [3.05, 3.63) is 82.9 Å². The molecule has 0 atom stereocenters. The van der Waals surface area contributed by atoms with Gasteiger partial charge in [0, 0.05) is 31.1 Å². The molecule has 3 rings (SSSR count). The normalized spacial score (nSPS) is 11.1. The number of guanidine groups is 1. The van der Waals surface area contributed by atoms with Gasteiger partial charge in [-0.3, -0.25) is 0 Å². The van der Waals surface area contributed by atoms with Gasteiger partial charge in [0.25, 0.3) is 0 Å². The summed E-state index contributed by atoms with van der Waals surface area (Å²) in [5.74, 6) is 1.75. The van der Waals surface area contributed by atoms with Gasteiger partial charge >= 0.3 is 0 Å². The number of aliphatic imine (C=N–C) groups is 1. The summed E-state index contributed by atoms with van der Waals surface area (Å²) >= 11 is 6.27. The second-order valence-electron chi connectivity index (χ2n) is 6.64. The minimum Gasteiger partial charge on any atom is -0.356 e. The number of nitrogens with zero attached hydrogens (tertiary/aromatic N) is 4. The average Bonchev–Trinajstić information content (AvgIpc) is 3.21. The molecule has 2 N–H and O–H groups in total.